The van der Waals surface area contributed by atoms with Crippen molar-refractivity contribution in [3.63, 3.8) is 0 Å². The number of nitrogens with one attached hydrogen (secondary N) is 2. The Balaban J connectivity index is 1.61. The van der Waals surface area contributed by atoms with Gasteiger partial charge in [0, 0.05) is 4.90 Å². The average Bonchev–Trinajstić information content (AvgIpc) is 3.25. The van der Waals surface area contributed by atoms with Gasteiger partial charge < -0.3 is 4.98 Å². The van der Waals surface area contributed by atoms with Crippen molar-refractivity contribution in [2.75, 3.05) is 5.32 Å². The van der Waals surface area contributed by atoms with Crippen LogP contribution in [0.4, 0.5) is 5.13 Å². The maximum absolute atomic E-state index is 12.7. The monoisotopic (exact) mass is 457 g/mol. The molecule has 0 aliphatic heterocycles. The highest BCUT2D eigenvalue weighted by atomic mass is 32.2. The molecule has 1 aromatic carbocycles. The molecule has 3 heterocycles. The number of carbonyl (C=O) groups is 1. The van der Waals surface area contributed by atoms with Gasteiger partial charge in [-0.05, 0) is 44.9 Å². The van der Waals surface area contributed by atoms with Gasteiger partial charge in [-0.3, -0.25) is 14.9 Å². The van der Waals surface area contributed by atoms with Crippen molar-refractivity contribution in [3.05, 3.63) is 61.0 Å². The number of thioether (sulfide) groups is 1. The summed E-state index contributed by atoms with van der Waals surface area (Å²) in [4.78, 5) is 35.0. The molecule has 0 saturated heterocycles. The Labute approximate surface area is 185 Å². The summed E-state index contributed by atoms with van der Waals surface area (Å²) in [6, 6.07) is 6.29. The first-order valence-electron chi connectivity index (χ1n) is 9.15. The number of hydrogen-bond donors (Lipinski definition) is 2. The standard InChI is InChI=1S/C20H19N5O2S3/c1-9-5-6-10(2)13(7-9)28-8-14-21-17(26)15-11(3)16(30-19(15)22-14)18(27)23-20-25-24-12(4)29-20/h5-7H,8H2,1-4H3,(H,21,22,26)(H,23,25,27). The van der Waals surface area contributed by atoms with Gasteiger partial charge in [0.05, 0.1) is 16.0 Å². The Morgan fingerprint density at radius 2 is 1.97 bits per heavy atom. The number of amides is 1. The molecule has 7 nitrogen and oxygen atoms in total. The molecule has 0 fully saturated rings. The number of benzene rings is 1. The van der Waals surface area contributed by atoms with Gasteiger partial charge in [-0.2, -0.15) is 0 Å². The topological polar surface area (TPSA) is 101 Å². The van der Waals surface area contributed by atoms with E-state index in [0.717, 1.165) is 9.90 Å². The second kappa shape index (κ2) is 8.29. The molecule has 154 valence electrons. The Morgan fingerprint density at radius 3 is 2.70 bits per heavy atom. The third-order valence-electron chi connectivity index (χ3n) is 4.51. The Bertz CT molecular complexity index is 1320. The highest BCUT2D eigenvalue weighted by Crippen LogP contribution is 2.30. The highest BCUT2D eigenvalue weighted by molar-refractivity contribution is 7.98. The molecular formula is C20H19N5O2S3. The fraction of sp³-hybridized carbons (Fsp3) is 0.250. The molecule has 30 heavy (non-hydrogen) atoms. The van der Waals surface area contributed by atoms with Gasteiger partial charge in [0.2, 0.25) is 5.13 Å². The predicted octanol–water partition coefficient (Wildman–Crippen LogP) is 4.61. The number of fused-ring (bicyclic) bond motifs is 1. The quantitative estimate of drug-likeness (QED) is 0.424. The summed E-state index contributed by atoms with van der Waals surface area (Å²) in [7, 11) is 0. The van der Waals surface area contributed by atoms with Crippen LogP contribution in [0, 0.1) is 27.7 Å². The number of thiophene rings is 1. The summed E-state index contributed by atoms with van der Waals surface area (Å²) >= 11 is 4.15. The van der Waals surface area contributed by atoms with Crippen LogP contribution >= 0.6 is 34.4 Å². The largest absolute Gasteiger partial charge is 0.309 e. The van der Waals surface area contributed by atoms with E-state index in [2.05, 4.69) is 57.5 Å². The van der Waals surface area contributed by atoms with Crippen molar-refractivity contribution in [3.8, 4) is 0 Å². The summed E-state index contributed by atoms with van der Waals surface area (Å²) in [5, 5.41) is 12.2. The number of hydrogen-bond acceptors (Lipinski definition) is 8. The lowest BCUT2D eigenvalue weighted by atomic mass is 10.2. The molecule has 3 aromatic heterocycles. The fourth-order valence-corrected chi connectivity index (χ4v) is 5.66. The van der Waals surface area contributed by atoms with Crippen LogP contribution in [-0.4, -0.2) is 26.1 Å². The number of H-pyrrole nitrogens is 1. The van der Waals surface area contributed by atoms with Crippen LogP contribution in [0.25, 0.3) is 10.2 Å². The number of aromatic nitrogens is 4. The number of aromatic amines is 1. The van der Waals surface area contributed by atoms with E-state index in [1.807, 2.05) is 6.92 Å². The van der Waals surface area contributed by atoms with Crippen molar-refractivity contribution in [1.82, 2.24) is 20.2 Å². The number of rotatable bonds is 5. The lowest BCUT2D eigenvalue weighted by Crippen LogP contribution is -2.13. The van der Waals surface area contributed by atoms with Gasteiger partial charge in [0.1, 0.15) is 15.7 Å². The predicted molar refractivity (Wildman–Crippen MR) is 123 cm³/mol. The molecule has 2 N–H and O–H groups in total. The van der Waals surface area contributed by atoms with Crippen LogP contribution < -0.4 is 10.9 Å². The zero-order valence-electron chi connectivity index (χ0n) is 16.8. The van der Waals surface area contributed by atoms with Gasteiger partial charge in [-0.15, -0.1) is 33.3 Å². The second-order valence-corrected chi connectivity index (χ2v) is 10.1. The smallest absolute Gasteiger partial charge is 0.267 e. The normalized spacial score (nSPS) is 11.2. The second-order valence-electron chi connectivity index (χ2n) is 6.89. The first-order valence-corrected chi connectivity index (χ1v) is 11.8. The molecule has 0 unspecified atom stereocenters. The molecule has 4 rings (SSSR count). The molecular weight excluding hydrogens is 438 g/mol. The van der Waals surface area contributed by atoms with Crippen molar-refractivity contribution in [1.29, 1.82) is 0 Å². The summed E-state index contributed by atoms with van der Waals surface area (Å²) in [6.07, 6.45) is 0. The zero-order valence-corrected chi connectivity index (χ0v) is 19.3. The van der Waals surface area contributed by atoms with Gasteiger partial charge in [0.25, 0.3) is 11.5 Å². The molecule has 4 aromatic rings. The van der Waals surface area contributed by atoms with Crippen molar-refractivity contribution >= 4 is 55.7 Å². The van der Waals surface area contributed by atoms with Crippen molar-refractivity contribution in [2.24, 2.45) is 0 Å². The van der Waals surface area contributed by atoms with Gasteiger partial charge in [-0.1, -0.05) is 29.0 Å². The van der Waals surface area contributed by atoms with Gasteiger partial charge >= 0.3 is 0 Å². The summed E-state index contributed by atoms with van der Waals surface area (Å²) in [5.74, 6) is 0.821. The minimum atomic E-state index is -0.308. The first-order chi connectivity index (χ1) is 14.3. The van der Waals surface area contributed by atoms with Gasteiger partial charge in [-0.25, -0.2) is 4.98 Å². The molecule has 0 aliphatic rings. The lowest BCUT2D eigenvalue weighted by Gasteiger charge is -2.06. The van der Waals surface area contributed by atoms with E-state index in [1.165, 1.54) is 33.8 Å². The molecule has 0 spiro atoms. The van der Waals surface area contributed by atoms with Crippen LogP contribution in [0.3, 0.4) is 0 Å². The SMILES string of the molecule is Cc1ccc(C)c(SCc2nc3sc(C(=O)Nc4nnc(C)s4)c(C)c3c(=O)[nH]2)c1. The van der Waals surface area contributed by atoms with E-state index in [9.17, 15) is 9.59 Å². The third-order valence-corrected chi connectivity index (χ3v) is 7.62. The van der Waals surface area contributed by atoms with E-state index >= 15 is 0 Å². The molecule has 0 aliphatic carbocycles. The number of aryl methyl sites for hydroxylation is 4. The molecule has 10 heteroatoms. The third kappa shape index (κ3) is 4.16. The average molecular weight is 458 g/mol. The van der Waals surface area contributed by atoms with E-state index in [4.69, 9.17) is 0 Å². The van der Waals surface area contributed by atoms with Crippen LogP contribution in [0.5, 0.6) is 0 Å². The summed E-state index contributed by atoms with van der Waals surface area (Å²) < 4.78 is 0. The number of anilines is 1. The van der Waals surface area contributed by atoms with Crippen molar-refractivity contribution < 1.29 is 4.79 Å². The minimum absolute atomic E-state index is 0.226. The van der Waals surface area contributed by atoms with E-state index in [-0.39, 0.29) is 11.5 Å². The minimum Gasteiger partial charge on any atom is -0.309 e. The number of carbonyl (C=O) groups excluding carboxylic acids is 1. The zero-order chi connectivity index (χ0) is 21.4. The molecule has 0 saturated carbocycles. The summed E-state index contributed by atoms with van der Waals surface area (Å²) in [6.45, 7) is 7.70. The van der Waals surface area contributed by atoms with Crippen molar-refractivity contribution in [2.45, 2.75) is 38.3 Å². The van der Waals surface area contributed by atoms with Crippen LogP contribution in [0.15, 0.2) is 27.9 Å². The van der Waals surface area contributed by atoms with Crippen LogP contribution in [0.2, 0.25) is 0 Å². The molecule has 0 radical (unpaired) electrons. The highest BCUT2D eigenvalue weighted by Gasteiger charge is 2.20. The van der Waals surface area contributed by atoms with E-state index in [0.29, 0.717) is 37.4 Å². The van der Waals surface area contributed by atoms with Crippen LogP contribution in [-0.2, 0) is 5.75 Å². The van der Waals surface area contributed by atoms with Crippen LogP contribution in [0.1, 0.15) is 37.2 Å². The molecule has 1 amide bonds. The Morgan fingerprint density at radius 1 is 1.17 bits per heavy atom. The maximum Gasteiger partial charge on any atom is 0.267 e. The van der Waals surface area contributed by atoms with E-state index in [1.54, 1.807) is 18.7 Å². The fourth-order valence-electron chi connectivity index (χ4n) is 2.98. The lowest BCUT2D eigenvalue weighted by molar-refractivity contribution is 0.103. The molecule has 0 bridgehead atoms. The maximum atomic E-state index is 12.7. The summed E-state index contributed by atoms with van der Waals surface area (Å²) in [5.41, 5.74) is 2.77. The Hall–Kier alpha value is -2.56. The van der Waals surface area contributed by atoms with Gasteiger partial charge in [0.15, 0.2) is 0 Å². The molecule has 0 atom stereocenters. The first kappa shape index (κ1) is 20.7. The number of nitrogens with zero attached hydrogens (tertiary/aromatic N) is 3. The van der Waals surface area contributed by atoms with E-state index < -0.39 is 0 Å². The Kier molecular flexibility index (Phi) is 5.72.